The molecule has 0 atom stereocenters. The highest BCUT2D eigenvalue weighted by Crippen LogP contribution is 2.28. The molecule has 4 heteroatoms. The minimum Gasteiger partial charge on any atom is -0.316 e. The lowest BCUT2D eigenvalue weighted by Gasteiger charge is -2.09. The van der Waals surface area contributed by atoms with E-state index in [1.807, 2.05) is 0 Å². The highest BCUT2D eigenvalue weighted by molar-refractivity contribution is 5.66. The van der Waals surface area contributed by atoms with E-state index in [1.165, 1.54) is 19.1 Å². The first-order valence-electron chi connectivity index (χ1n) is 5.92. The minimum absolute atomic E-state index is 0.0569. The summed E-state index contributed by atoms with van der Waals surface area (Å²) in [5.41, 5.74) is 1.02. The van der Waals surface area contributed by atoms with Crippen molar-refractivity contribution in [1.82, 2.24) is 5.32 Å². The number of hydrogen-bond acceptors (Lipinski definition) is 1. The van der Waals surface area contributed by atoms with E-state index in [2.05, 4.69) is 5.32 Å². The Hall–Kier alpha value is -1.81. The molecule has 2 aromatic rings. The Labute approximate surface area is 110 Å². The molecule has 2 rings (SSSR count). The number of nitrogens with one attached hydrogen (secondary N) is 1. The molecule has 0 aromatic heterocycles. The first-order valence-corrected chi connectivity index (χ1v) is 5.92. The lowest BCUT2D eigenvalue weighted by molar-refractivity contribution is 0.591. The van der Waals surface area contributed by atoms with Crippen LogP contribution >= 0.6 is 0 Å². The van der Waals surface area contributed by atoms with Crippen molar-refractivity contribution in [2.24, 2.45) is 0 Å². The fourth-order valence-corrected chi connectivity index (χ4v) is 1.95. The molecule has 0 fully saturated rings. The molecule has 1 nitrogen and oxygen atoms in total. The summed E-state index contributed by atoms with van der Waals surface area (Å²) in [6, 6.07) is 6.51. The van der Waals surface area contributed by atoms with E-state index in [1.54, 1.807) is 13.1 Å². The summed E-state index contributed by atoms with van der Waals surface area (Å²) in [6.45, 7) is 2.00. The number of hydrogen-bond donors (Lipinski definition) is 1. The SMILES string of the molecule is CNCc1ccc(F)c(-c2cc(F)c(C)cc2F)c1. The quantitative estimate of drug-likeness (QED) is 0.890. The zero-order valence-corrected chi connectivity index (χ0v) is 10.7. The van der Waals surface area contributed by atoms with Crippen molar-refractivity contribution in [2.75, 3.05) is 7.05 Å². The van der Waals surface area contributed by atoms with Crippen LogP contribution in [0.3, 0.4) is 0 Å². The molecule has 0 saturated heterocycles. The normalized spacial score (nSPS) is 10.8. The van der Waals surface area contributed by atoms with Gasteiger partial charge in [-0.05, 0) is 49.4 Å². The Bertz CT molecular complexity index is 609. The van der Waals surface area contributed by atoms with Crippen molar-refractivity contribution < 1.29 is 13.2 Å². The summed E-state index contributed by atoms with van der Waals surface area (Å²) < 4.78 is 41.2. The van der Waals surface area contributed by atoms with Gasteiger partial charge in [0.2, 0.25) is 0 Å². The molecule has 0 saturated carbocycles. The topological polar surface area (TPSA) is 12.0 Å². The highest BCUT2D eigenvalue weighted by atomic mass is 19.1. The molecule has 19 heavy (non-hydrogen) atoms. The molecule has 0 radical (unpaired) electrons. The van der Waals surface area contributed by atoms with Gasteiger partial charge in [-0.1, -0.05) is 6.07 Å². The standard InChI is InChI=1S/C15H14F3N/c1-9-5-15(18)12(7-14(9)17)11-6-10(8-19-2)3-4-13(11)16/h3-7,19H,8H2,1-2H3. The highest BCUT2D eigenvalue weighted by Gasteiger charge is 2.13. The van der Waals surface area contributed by atoms with Crippen molar-refractivity contribution in [3.63, 3.8) is 0 Å². The molecular weight excluding hydrogens is 251 g/mol. The lowest BCUT2D eigenvalue weighted by Crippen LogP contribution is -2.05. The van der Waals surface area contributed by atoms with Gasteiger partial charge in [0.25, 0.3) is 0 Å². The van der Waals surface area contributed by atoms with Crippen LogP contribution in [-0.2, 0) is 6.54 Å². The van der Waals surface area contributed by atoms with E-state index < -0.39 is 17.5 Å². The molecule has 2 aromatic carbocycles. The van der Waals surface area contributed by atoms with Crippen LogP contribution in [0.15, 0.2) is 30.3 Å². The maximum absolute atomic E-state index is 13.9. The van der Waals surface area contributed by atoms with Crippen molar-refractivity contribution in [3.05, 3.63) is 58.9 Å². The van der Waals surface area contributed by atoms with Gasteiger partial charge in [-0.3, -0.25) is 0 Å². The average molecular weight is 265 g/mol. The Balaban J connectivity index is 2.57. The largest absolute Gasteiger partial charge is 0.316 e. The van der Waals surface area contributed by atoms with Gasteiger partial charge >= 0.3 is 0 Å². The number of halogens is 3. The summed E-state index contributed by atoms with van der Waals surface area (Å²) >= 11 is 0. The zero-order chi connectivity index (χ0) is 14.0. The fourth-order valence-electron chi connectivity index (χ4n) is 1.95. The molecule has 100 valence electrons. The molecule has 0 spiro atoms. The van der Waals surface area contributed by atoms with Crippen LogP contribution in [0.2, 0.25) is 0 Å². The Kier molecular flexibility index (Phi) is 3.90. The van der Waals surface area contributed by atoms with E-state index in [9.17, 15) is 13.2 Å². The van der Waals surface area contributed by atoms with Crippen LogP contribution < -0.4 is 5.32 Å². The minimum atomic E-state index is -0.626. The molecule has 0 aliphatic carbocycles. The summed E-state index contributed by atoms with van der Waals surface area (Å²) in [5.74, 6) is -1.74. The van der Waals surface area contributed by atoms with E-state index in [-0.39, 0.29) is 16.7 Å². The number of benzene rings is 2. The zero-order valence-electron chi connectivity index (χ0n) is 10.7. The van der Waals surface area contributed by atoms with Crippen LogP contribution in [0, 0.1) is 24.4 Å². The molecule has 1 N–H and O–H groups in total. The van der Waals surface area contributed by atoms with Gasteiger partial charge in [-0.15, -0.1) is 0 Å². The molecular formula is C15H14F3N. The molecule has 0 aliphatic heterocycles. The average Bonchev–Trinajstić information content (AvgIpc) is 2.37. The maximum Gasteiger partial charge on any atom is 0.131 e. The Morgan fingerprint density at radius 2 is 1.58 bits per heavy atom. The third kappa shape index (κ3) is 2.79. The van der Waals surface area contributed by atoms with Gasteiger partial charge < -0.3 is 5.32 Å². The second-order valence-corrected chi connectivity index (χ2v) is 4.43. The van der Waals surface area contributed by atoms with E-state index >= 15 is 0 Å². The Morgan fingerprint density at radius 1 is 0.895 bits per heavy atom. The predicted molar refractivity (Wildman–Crippen MR) is 69.3 cm³/mol. The fraction of sp³-hybridized carbons (Fsp3) is 0.200. The first kappa shape index (κ1) is 13.6. The van der Waals surface area contributed by atoms with Crippen LogP contribution in [0.25, 0.3) is 11.1 Å². The van der Waals surface area contributed by atoms with Crippen molar-refractivity contribution in [1.29, 1.82) is 0 Å². The second kappa shape index (κ2) is 5.45. The van der Waals surface area contributed by atoms with Crippen LogP contribution in [-0.4, -0.2) is 7.05 Å². The molecule has 0 amide bonds. The molecule has 0 bridgehead atoms. The Morgan fingerprint density at radius 3 is 2.26 bits per heavy atom. The van der Waals surface area contributed by atoms with Gasteiger partial charge in [-0.25, -0.2) is 13.2 Å². The van der Waals surface area contributed by atoms with Gasteiger partial charge in [0, 0.05) is 17.7 Å². The molecule has 0 heterocycles. The third-order valence-electron chi connectivity index (χ3n) is 2.95. The first-order chi connectivity index (χ1) is 9.02. The summed E-state index contributed by atoms with van der Waals surface area (Å²) in [6.07, 6.45) is 0. The number of rotatable bonds is 3. The van der Waals surface area contributed by atoms with Crippen LogP contribution in [0.1, 0.15) is 11.1 Å². The molecule has 0 unspecified atom stereocenters. The smallest absolute Gasteiger partial charge is 0.131 e. The summed E-state index contributed by atoms with van der Waals surface area (Å²) in [5, 5.41) is 2.93. The maximum atomic E-state index is 13.9. The van der Waals surface area contributed by atoms with Gasteiger partial charge in [-0.2, -0.15) is 0 Å². The molecule has 0 aliphatic rings. The monoisotopic (exact) mass is 265 g/mol. The van der Waals surface area contributed by atoms with Crippen LogP contribution in [0.5, 0.6) is 0 Å². The predicted octanol–water partition coefficient (Wildman–Crippen LogP) is 3.80. The van der Waals surface area contributed by atoms with Gasteiger partial charge in [0.15, 0.2) is 0 Å². The lowest BCUT2D eigenvalue weighted by atomic mass is 10.00. The van der Waals surface area contributed by atoms with E-state index in [0.29, 0.717) is 6.54 Å². The second-order valence-electron chi connectivity index (χ2n) is 4.43. The third-order valence-corrected chi connectivity index (χ3v) is 2.95. The van der Waals surface area contributed by atoms with Gasteiger partial charge in [0.05, 0.1) is 0 Å². The van der Waals surface area contributed by atoms with Crippen molar-refractivity contribution in [2.45, 2.75) is 13.5 Å². The van der Waals surface area contributed by atoms with Crippen molar-refractivity contribution >= 4 is 0 Å². The number of aryl methyl sites for hydroxylation is 1. The van der Waals surface area contributed by atoms with E-state index in [0.717, 1.165) is 17.7 Å². The van der Waals surface area contributed by atoms with Crippen molar-refractivity contribution in [3.8, 4) is 11.1 Å². The van der Waals surface area contributed by atoms with Crippen LogP contribution in [0.4, 0.5) is 13.2 Å². The van der Waals surface area contributed by atoms with Gasteiger partial charge in [0.1, 0.15) is 17.5 Å². The summed E-state index contributed by atoms with van der Waals surface area (Å²) in [7, 11) is 1.76. The summed E-state index contributed by atoms with van der Waals surface area (Å²) in [4.78, 5) is 0. The van der Waals surface area contributed by atoms with E-state index in [4.69, 9.17) is 0 Å².